The van der Waals surface area contributed by atoms with E-state index in [0.29, 0.717) is 17.0 Å². The first-order valence-electron chi connectivity index (χ1n) is 7.62. The molecule has 2 rings (SSSR count). The molecule has 0 unspecified atom stereocenters. The van der Waals surface area contributed by atoms with Gasteiger partial charge in [0, 0.05) is 38.6 Å². The summed E-state index contributed by atoms with van der Waals surface area (Å²) in [6, 6.07) is 6.21. The van der Waals surface area contributed by atoms with Crippen molar-refractivity contribution in [2.75, 3.05) is 20.7 Å². The van der Waals surface area contributed by atoms with Crippen molar-refractivity contribution in [2.24, 2.45) is 12.0 Å². The minimum Gasteiger partial charge on any atom is -0.497 e. The minimum atomic E-state index is -3.58. The molecule has 0 aliphatic heterocycles. The maximum atomic E-state index is 12.5. The number of ether oxygens (including phenoxy) is 1. The Morgan fingerprint density at radius 2 is 2.00 bits per heavy atom. The van der Waals surface area contributed by atoms with Crippen LogP contribution in [0.15, 0.2) is 45.7 Å². The average Bonchev–Trinajstić information content (AvgIpc) is 2.99. The number of carbonyl (C=O) groups excluding carboxylic acids is 1. The van der Waals surface area contributed by atoms with E-state index in [2.05, 4.69) is 4.99 Å². The van der Waals surface area contributed by atoms with Crippen LogP contribution in [0.5, 0.6) is 5.75 Å². The Balaban J connectivity index is 1.93. The van der Waals surface area contributed by atoms with E-state index >= 15 is 0 Å². The third kappa shape index (κ3) is 5.00. The van der Waals surface area contributed by atoms with Gasteiger partial charge in [0.05, 0.1) is 12.0 Å². The van der Waals surface area contributed by atoms with Crippen molar-refractivity contribution in [1.29, 1.82) is 0 Å². The largest absolute Gasteiger partial charge is 0.497 e. The van der Waals surface area contributed by atoms with Gasteiger partial charge in [-0.2, -0.15) is 4.99 Å². The number of benzene rings is 1. The molecule has 2 aromatic rings. The van der Waals surface area contributed by atoms with Gasteiger partial charge in [-0.1, -0.05) is 0 Å². The van der Waals surface area contributed by atoms with Gasteiger partial charge in [-0.3, -0.25) is 4.79 Å². The molecule has 136 valence electrons. The third-order valence-corrected chi connectivity index (χ3v) is 6.33. The molecule has 1 amide bonds. The number of amides is 1. The number of aryl methyl sites for hydroxylation is 1. The monoisotopic (exact) mass is 383 g/mol. The van der Waals surface area contributed by atoms with Gasteiger partial charge in [0.15, 0.2) is 4.80 Å². The van der Waals surface area contributed by atoms with Crippen LogP contribution in [0.2, 0.25) is 0 Å². The molecule has 0 saturated heterocycles. The first-order chi connectivity index (χ1) is 11.8. The normalized spacial score (nSPS) is 12.6. The number of methoxy groups -OCH3 is 1. The van der Waals surface area contributed by atoms with Gasteiger partial charge >= 0.3 is 0 Å². The summed E-state index contributed by atoms with van der Waals surface area (Å²) in [5, 5.41) is 1.85. The van der Waals surface area contributed by atoms with Crippen LogP contribution in [0, 0.1) is 0 Å². The summed E-state index contributed by atoms with van der Waals surface area (Å²) in [4.78, 5) is 16.7. The molecule has 0 radical (unpaired) electrons. The second kappa shape index (κ2) is 8.41. The topological polar surface area (TPSA) is 81.0 Å². The van der Waals surface area contributed by atoms with Crippen LogP contribution < -0.4 is 9.54 Å². The van der Waals surface area contributed by atoms with Crippen molar-refractivity contribution >= 4 is 27.3 Å². The van der Waals surface area contributed by atoms with Crippen molar-refractivity contribution in [2.45, 2.75) is 17.7 Å². The van der Waals surface area contributed by atoms with E-state index in [4.69, 9.17) is 4.74 Å². The Morgan fingerprint density at radius 1 is 1.32 bits per heavy atom. The Kier molecular flexibility index (Phi) is 6.51. The molecule has 7 nitrogen and oxygen atoms in total. The number of sulfonamides is 1. The van der Waals surface area contributed by atoms with E-state index < -0.39 is 10.0 Å². The zero-order valence-electron chi connectivity index (χ0n) is 14.4. The lowest BCUT2D eigenvalue weighted by atomic mass is 10.3. The molecular weight excluding hydrogens is 362 g/mol. The Labute approximate surface area is 151 Å². The van der Waals surface area contributed by atoms with Crippen molar-refractivity contribution in [3.8, 4) is 5.75 Å². The lowest BCUT2D eigenvalue weighted by Gasteiger charge is -2.16. The Bertz CT molecular complexity index is 883. The molecule has 0 saturated carbocycles. The lowest BCUT2D eigenvalue weighted by molar-refractivity contribution is -0.118. The average molecular weight is 383 g/mol. The first kappa shape index (κ1) is 19.4. The first-order valence-corrected chi connectivity index (χ1v) is 9.94. The van der Waals surface area contributed by atoms with E-state index in [1.165, 1.54) is 41.9 Å². The number of thiazole rings is 1. The number of nitrogens with zero attached hydrogens (tertiary/aromatic N) is 3. The lowest BCUT2D eigenvalue weighted by Crippen LogP contribution is -2.28. The predicted molar refractivity (Wildman–Crippen MR) is 95.9 cm³/mol. The fourth-order valence-corrected chi connectivity index (χ4v) is 4.05. The number of carbonyl (C=O) groups is 1. The number of rotatable bonds is 7. The summed E-state index contributed by atoms with van der Waals surface area (Å²) < 4.78 is 33.0. The summed E-state index contributed by atoms with van der Waals surface area (Å²) in [6.45, 7) is 0.242. The van der Waals surface area contributed by atoms with Crippen LogP contribution >= 0.6 is 11.3 Å². The van der Waals surface area contributed by atoms with Gasteiger partial charge in [0.25, 0.3) is 0 Å². The minimum absolute atomic E-state index is 0.192. The quantitative estimate of drug-likeness (QED) is 0.728. The van der Waals surface area contributed by atoms with E-state index in [1.54, 1.807) is 16.7 Å². The SMILES string of the molecule is COc1ccc(S(=O)(=O)N(C)CCCC(=O)N=c2sccn2C)cc1. The molecule has 0 atom stereocenters. The fourth-order valence-electron chi connectivity index (χ4n) is 2.10. The van der Waals surface area contributed by atoms with Crippen LogP contribution in [0.1, 0.15) is 12.8 Å². The second-order valence-corrected chi connectivity index (χ2v) is 8.33. The highest BCUT2D eigenvalue weighted by atomic mass is 32.2. The van der Waals surface area contributed by atoms with E-state index in [-0.39, 0.29) is 23.8 Å². The van der Waals surface area contributed by atoms with Gasteiger partial charge in [-0.15, -0.1) is 11.3 Å². The van der Waals surface area contributed by atoms with E-state index in [9.17, 15) is 13.2 Å². The molecule has 9 heteroatoms. The zero-order valence-corrected chi connectivity index (χ0v) is 16.0. The van der Waals surface area contributed by atoms with Crippen LogP contribution in [0.4, 0.5) is 0 Å². The molecule has 1 aromatic heterocycles. The van der Waals surface area contributed by atoms with Crippen LogP contribution in [0.25, 0.3) is 0 Å². The summed E-state index contributed by atoms with van der Waals surface area (Å²) in [6.07, 6.45) is 2.43. The van der Waals surface area contributed by atoms with Crippen LogP contribution in [0.3, 0.4) is 0 Å². The maximum absolute atomic E-state index is 12.5. The molecular formula is C16H21N3O4S2. The molecule has 1 aromatic carbocycles. The molecule has 1 heterocycles. The molecule has 0 aliphatic rings. The Hall–Kier alpha value is -1.97. The zero-order chi connectivity index (χ0) is 18.4. The molecule has 0 fully saturated rings. The van der Waals surface area contributed by atoms with E-state index in [1.807, 2.05) is 18.6 Å². The van der Waals surface area contributed by atoms with Gasteiger partial charge in [-0.05, 0) is 30.7 Å². The van der Waals surface area contributed by atoms with Gasteiger partial charge in [-0.25, -0.2) is 12.7 Å². The van der Waals surface area contributed by atoms with Gasteiger partial charge in [0.1, 0.15) is 5.75 Å². The number of aromatic nitrogens is 1. The Morgan fingerprint density at radius 3 is 2.56 bits per heavy atom. The highest BCUT2D eigenvalue weighted by molar-refractivity contribution is 7.89. The van der Waals surface area contributed by atoms with Gasteiger partial charge in [0.2, 0.25) is 15.9 Å². The molecule has 0 spiro atoms. The summed E-state index contributed by atoms with van der Waals surface area (Å²) >= 11 is 1.38. The molecule has 0 aliphatic carbocycles. The van der Waals surface area contributed by atoms with Crippen molar-refractivity contribution < 1.29 is 17.9 Å². The highest BCUT2D eigenvalue weighted by Crippen LogP contribution is 2.18. The number of hydrogen-bond acceptors (Lipinski definition) is 5. The van der Waals surface area contributed by atoms with Gasteiger partial charge < -0.3 is 9.30 Å². The maximum Gasteiger partial charge on any atom is 0.248 e. The van der Waals surface area contributed by atoms with Crippen LogP contribution in [-0.4, -0.2) is 43.9 Å². The van der Waals surface area contributed by atoms with E-state index in [0.717, 1.165) is 0 Å². The summed E-state index contributed by atoms with van der Waals surface area (Å²) in [5.41, 5.74) is 0. The third-order valence-electron chi connectivity index (χ3n) is 3.61. The smallest absolute Gasteiger partial charge is 0.248 e. The summed E-state index contributed by atoms with van der Waals surface area (Å²) in [5.74, 6) is 0.337. The second-order valence-electron chi connectivity index (χ2n) is 5.41. The highest BCUT2D eigenvalue weighted by Gasteiger charge is 2.20. The van der Waals surface area contributed by atoms with Crippen LogP contribution in [-0.2, 0) is 21.9 Å². The molecule has 25 heavy (non-hydrogen) atoms. The van der Waals surface area contributed by atoms with Crippen molar-refractivity contribution in [3.63, 3.8) is 0 Å². The standard InChI is InChI=1S/C16H21N3O4S2/c1-18-11-12-24-16(18)17-15(20)5-4-10-19(2)25(21,22)14-8-6-13(23-3)7-9-14/h6-9,11-12H,4-5,10H2,1-3H3. The summed E-state index contributed by atoms with van der Waals surface area (Å²) in [7, 11) is 1.25. The molecule has 0 N–H and O–H groups in total. The number of hydrogen-bond donors (Lipinski definition) is 0. The molecule has 0 bridgehead atoms. The predicted octanol–water partition coefficient (Wildman–Crippen LogP) is 1.62. The van der Waals surface area contributed by atoms with Crippen molar-refractivity contribution in [3.05, 3.63) is 40.6 Å². The van der Waals surface area contributed by atoms with Crippen molar-refractivity contribution in [1.82, 2.24) is 8.87 Å². The fraction of sp³-hybridized carbons (Fsp3) is 0.375.